The lowest BCUT2D eigenvalue weighted by atomic mass is 9.95. The van der Waals surface area contributed by atoms with Crippen molar-refractivity contribution in [1.29, 1.82) is 0 Å². The second kappa shape index (κ2) is 4.84. The minimum absolute atomic E-state index is 0.252. The number of carbonyl (C=O) groups excluding carboxylic acids is 1. The van der Waals surface area contributed by atoms with Gasteiger partial charge in [0.1, 0.15) is 5.78 Å². The Morgan fingerprint density at radius 2 is 2.21 bits per heavy atom. The highest BCUT2D eigenvalue weighted by Gasteiger charge is 2.25. The molecule has 3 rings (SSSR count). The molecule has 0 radical (unpaired) electrons. The van der Waals surface area contributed by atoms with Gasteiger partial charge >= 0.3 is 0 Å². The quantitative estimate of drug-likeness (QED) is 0.875. The van der Waals surface area contributed by atoms with Crippen molar-refractivity contribution in [3.8, 4) is 0 Å². The predicted molar refractivity (Wildman–Crippen MR) is 78.4 cm³/mol. The van der Waals surface area contributed by atoms with E-state index in [9.17, 15) is 4.79 Å². The number of ketones is 1. The molecule has 1 heterocycles. The Morgan fingerprint density at radius 3 is 2.89 bits per heavy atom. The molecule has 1 fully saturated rings. The van der Waals surface area contributed by atoms with Crippen LogP contribution in [0.15, 0.2) is 24.4 Å². The lowest BCUT2D eigenvalue weighted by molar-refractivity contribution is -0.120. The molecule has 1 aliphatic rings. The van der Waals surface area contributed by atoms with Gasteiger partial charge in [-0.3, -0.25) is 4.79 Å². The number of carbonyl (C=O) groups is 1. The number of Topliss-reactive ketones (excluding diaryl/α,β-unsaturated/α-hetero) is 1. The lowest BCUT2D eigenvalue weighted by Crippen LogP contribution is -2.09. The van der Waals surface area contributed by atoms with Gasteiger partial charge in [-0.1, -0.05) is 19.9 Å². The smallest absolute Gasteiger partial charge is 0.136 e. The molecule has 2 nitrogen and oxygen atoms in total. The van der Waals surface area contributed by atoms with Gasteiger partial charge in [0.25, 0.3) is 0 Å². The number of rotatable bonds is 3. The molecule has 0 aliphatic heterocycles. The van der Waals surface area contributed by atoms with Crippen molar-refractivity contribution in [2.75, 3.05) is 0 Å². The topological polar surface area (TPSA) is 32.9 Å². The van der Waals surface area contributed by atoms with Crippen LogP contribution < -0.4 is 0 Å². The number of fused-ring (bicyclic) bond motifs is 1. The number of aromatic amines is 1. The monoisotopic (exact) mass is 255 g/mol. The van der Waals surface area contributed by atoms with Crippen molar-refractivity contribution in [3.05, 3.63) is 35.5 Å². The van der Waals surface area contributed by atoms with Crippen molar-refractivity contribution in [3.63, 3.8) is 0 Å². The van der Waals surface area contributed by atoms with Crippen LogP contribution in [0, 0.1) is 5.92 Å². The molecule has 2 aromatic rings. The number of H-pyrrole nitrogens is 1. The van der Waals surface area contributed by atoms with E-state index >= 15 is 0 Å². The molecule has 1 saturated carbocycles. The summed E-state index contributed by atoms with van der Waals surface area (Å²) in [4.78, 5) is 15.1. The summed E-state index contributed by atoms with van der Waals surface area (Å²) in [6.45, 7) is 4.43. The number of hydrogen-bond acceptors (Lipinski definition) is 1. The first kappa shape index (κ1) is 12.5. The van der Waals surface area contributed by atoms with Crippen LogP contribution in [0.2, 0.25) is 0 Å². The lowest BCUT2D eigenvalue weighted by Gasteiger charge is -2.08. The molecule has 1 aromatic carbocycles. The zero-order valence-corrected chi connectivity index (χ0v) is 11.7. The van der Waals surface area contributed by atoms with Gasteiger partial charge in [0.15, 0.2) is 0 Å². The summed E-state index contributed by atoms with van der Waals surface area (Å²) in [6.07, 6.45) is 5.91. The molecule has 0 saturated heterocycles. The fraction of sp³-hybridized carbons (Fsp3) is 0.471. The summed E-state index contributed by atoms with van der Waals surface area (Å²) in [5.74, 6) is 1.25. The first-order chi connectivity index (χ1) is 9.15. The molecule has 0 spiro atoms. The average molecular weight is 255 g/mol. The first-order valence-electron chi connectivity index (χ1n) is 7.28. The summed E-state index contributed by atoms with van der Waals surface area (Å²) in [7, 11) is 0. The van der Waals surface area contributed by atoms with Crippen molar-refractivity contribution >= 4 is 16.7 Å². The van der Waals surface area contributed by atoms with E-state index in [-0.39, 0.29) is 5.92 Å². The molecule has 1 aromatic heterocycles. The highest BCUT2D eigenvalue weighted by atomic mass is 16.1. The second-order valence-electron chi connectivity index (χ2n) is 6.03. The predicted octanol–water partition coefficient (Wildman–Crippen LogP) is 4.20. The number of hydrogen-bond donors (Lipinski definition) is 1. The van der Waals surface area contributed by atoms with Gasteiger partial charge in [-0.05, 0) is 48.4 Å². The highest BCUT2D eigenvalue weighted by molar-refractivity contribution is 5.86. The van der Waals surface area contributed by atoms with Crippen LogP contribution in [0.5, 0.6) is 0 Å². The van der Waals surface area contributed by atoms with Crippen LogP contribution in [0.3, 0.4) is 0 Å². The van der Waals surface area contributed by atoms with E-state index in [0.717, 1.165) is 25.7 Å². The Morgan fingerprint density at radius 1 is 1.37 bits per heavy atom. The van der Waals surface area contributed by atoms with E-state index in [2.05, 4.69) is 43.2 Å². The third kappa shape index (κ3) is 2.32. The van der Waals surface area contributed by atoms with Crippen LogP contribution in [0.4, 0.5) is 0 Å². The second-order valence-corrected chi connectivity index (χ2v) is 6.03. The summed E-state index contributed by atoms with van der Waals surface area (Å²) in [5.41, 5.74) is 3.86. The van der Waals surface area contributed by atoms with E-state index in [0.29, 0.717) is 11.7 Å². The SMILES string of the molecule is CC(C)c1ccc2[nH]cc(CC3CCCC3=O)c2c1. The maximum absolute atomic E-state index is 11.8. The molecule has 0 amide bonds. The fourth-order valence-electron chi connectivity index (χ4n) is 3.09. The Bertz CT molecular complexity index is 609. The average Bonchev–Trinajstić information content (AvgIpc) is 2.97. The van der Waals surface area contributed by atoms with Gasteiger partial charge in [-0.25, -0.2) is 0 Å². The minimum Gasteiger partial charge on any atom is -0.361 e. The van der Waals surface area contributed by atoms with Crippen LogP contribution >= 0.6 is 0 Å². The van der Waals surface area contributed by atoms with Gasteiger partial charge in [0.05, 0.1) is 0 Å². The van der Waals surface area contributed by atoms with Crippen molar-refractivity contribution in [2.45, 2.75) is 45.4 Å². The molecule has 19 heavy (non-hydrogen) atoms. The van der Waals surface area contributed by atoms with Crippen molar-refractivity contribution < 1.29 is 4.79 Å². The van der Waals surface area contributed by atoms with Gasteiger partial charge in [-0.2, -0.15) is 0 Å². The van der Waals surface area contributed by atoms with Gasteiger partial charge in [0.2, 0.25) is 0 Å². The molecule has 1 aliphatic carbocycles. The van der Waals surface area contributed by atoms with Crippen LogP contribution in [0.1, 0.15) is 50.2 Å². The molecule has 2 heteroatoms. The molecule has 1 unspecified atom stereocenters. The molecule has 0 bridgehead atoms. The Hall–Kier alpha value is -1.57. The number of benzene rings is 1. The standard InChI is InChI=1S/C17H21NO/c1-11(2)12-6-7-16-15(9-12)14(10-18-16)8-13-4-3-5-17(13)19/h6-7,9-11,13,18H,3-5,8H2,1-2H3. The summed E-state index contributed by atoms with van der Waals surface area (Å²) < 4.78 is 0. The molecular formula is C17H21NO. The Balaban J connectivity index is 1.94. The maximum atomic E-state index is 11.8. The van der Waals surface area contributed by atoms with E-state index in [1.807, 2.05) is 0 Å². The maximum Gasteiger partial charge on any atom is 0.136 e. The zero-order valence-electron chi connectivity index (χ0n) is 11.7. The van der Waals surface area contributed by atoms with E-state index in [1.165, 1.54) is 22.0 Å². The molecule has 100 valence electrons. The third-order valence-electron chi connectivity index (χ3n) is 4.36. The first-order valence-corrected chi connectivity index (χ1v) is 7.28. The zero-order chi connectivity index (χ0) is 13.4. The largest absolute Gasteiger partial charge is 0.361 e. The van der Waals surface area contributed by atoms with Gasteiger partial charge in [0, 0.05) is 29.4 Å². The van der Waals surface area contributed by atoms with Crippen molar-refractivity contribution in [2.24, 2.45) is 5.92 Å². The van der Waals surface area contributed by atoms with Crippen LogP contribution in [-0.2, 0) is 11.2 Å². The highest BCUT2D eigenvalue weighted by Crippen LogP contribution is 2.29. The summed E-state index contributed by atoms with van der Waals surface area (Å²) >= 11 is 0. The number of nitrogens with one attached hydrogen (secondary N) is 1. The van der Waals surface area contributed by atoms with Gasteiger partial charge < -0.3 is 4.98 Å². The fourth-order valence-corrected chi connectivity index (χ4v) is 3.09. The molecule has 1 atom stereocenters. The van der Waals surface area contributed by atoms with Gasteiger partial charge in [-0.15, -0.1) is 0 Å². The van der Waals surface area contributed by atoms with Crippen molar-refractivity contribution in [1.82, 2.24) is 4.98 Å². The van der Waals surface area contributed by atoms with Crippen LogP contribution in [0.25, 0.3) is 10.9 Å². The van der Waals surface area contributed by atoms with Crippen LogP contribution in [-0.4, -0.2) is 10.8 Å². The number of aromatic nitrogens is 1. The third-order valence-corrected chi connectivity index (χ3v) is 4.36. The Kier molecular flexibility index (Phi) is 3.17. The Labute approximate surface area is 114 Å². The van der Waals surface area contributed by atoms with E-state index in [4.69, 9.17) is 0 Å². The molecular weight excluding hydrogens is 234 g/mol. The van der Waals surface area contributed by atoms with E-state index < -0.39 is 0 Å². The minimum atomic E-state index is 0.252. The molecule has 1 N–H and O–H groups in total. The summed E-state index contributed by atoms with van der Waals surface area (Å²) in [6, 6.07) is 6.63. The normalized spacial score (nSPS) is 19.7. The summed E-state index contributed by atoms with van der Waals surface area (Å²) in [5, 5.41) is 1.30. The van der Waals surface area contributed by atoms with E-state index in [1.54, 1.807) is 0 Å².